The van der Waals surface area contributed by atoms with E-state index in [4.69, 9.17) is 10.00 Å². The summed E-state index contributed by atoms with van der Waals surface area (Å²) in [5, 5.41) is 14.3. The van der Waals surface area contributed by atoms with Gasteiger partial charge in [0.1, 0.15) is 17.2 Å². The standard InChI is InChI=1S/C20H19N3O/c1-20(2,3)24-17-7-5-16(6-8-17)23-19-18-9-4-14(13-21)12-15(18)10-11-22-19/h4-12H,1-3H3,(H,22,23). The molecule has 2 aromatic carbocycles. The van der Waals surface area contributed by atoms with Gasteiger partial charge in [-0.15, -0.1) is 0 Å². The minimum atomic E-state index is -0.218. The molecule has 4 heteroatoms. The Morgan fingerprint density at radius 2 is 1.79 bits per heavy atom. The number of nitrogens with one attached hydrogen (secondary N) is 1. The Morgan fingerprint density at radius 1 is 1.04 bits per heavy atom. The van der Waals surface area contributed by atoms with Crippen molar-refractivity contribution in [3.63, 3.8) is 0 Å². The number of fused-ring (bicyclic) bond motifs is 1. The molecule has 24 heavy (non-hydrogen) atoms. The Morgan fingerprint density at radius 3 is 2.46 bits per heavy atom. The van der Waals surface area contributed by atoms with E-state index in [1.807, 2.05) is 63.2 Å². The zero-order chi connectivity index (χ0) is 17.2. The Labute approximate surface area is 141 Å². The van der Waals surface area contributed by atoms with Crippen molar-refractivity contribution in [2.75, 3.05) is 5.32 Å². The normalized spacial score (nSPS) is 11.1. The molecule has 1 aromatic heterocycles. The SMILES string of the molecule is CC(C)(C)Oc1ccc(Nc2nccc3cc(C#N)ccc23)cc1. The van der Waals surface area contributed by atoms with Crippen LogP contribution in [-0.2, 0) is 0 Å². The van der Waals surface area contributed by atoms with Crippen molar-refractivity contribution < 1.29 is 4.74 Å². The van der Waals surface area contributed by atoms with E-state index >= 15 is 0 Å². The quantitative estimate of drug-likeness (QED) is 0.736. The molecule has 0 amide bonds. The summed E-state index contributed by atoms with van der Waals surface area (Å²) < 4.78 is 5.83. The molecule has 0 atom stereocenters. The van der Waals surface area contributed by atoms with Gasteiger partial charge in [-0.3, -0.25) is 0 Å². The van der Waals surface area contributed by atoms with Crippen LogP contribution in [0.4, 0.5) is 11.5 Å². The number of aromatic nitrogens is 1. The summed E-state index contributed by atoms with van der Waals surface area (Å²) in [7, 11) is 0. The zero-order valence-corrected chi connectivity index (χ0v) is 14.0. The van der Waals surface area contributed by atoms with Crippen molar-refractivity contribution in [2.45, 2.75) is 26.4 Å². The maximum atomic E-state index is 9.01. The molecule has 0 aliphatic heterocycles. The maximum absolute atomic E-state index is 9.01. The highest BCUT2D eigenvalue weighted by Gasteiger charge is 2.11. The van der Waals surface area contributed by atoms with Crippen molar-refractivity contribution in [1.29, 1.82) is 5.26 Å². The largest absolute Gasteiger partial charge is 0.488 e. The van der Waals surface area contributed by atoms with Gasteiger partial charge in [0, 0.05) is 17.3 Å². The van der Waals surface area contributed by atoms with Crippen LogP contribution in [0.2, 0.25) is 0 Å². The van der Waals surface area contributed by atoms with Crippen molar-refractivity contribution in [2.24, 2.45) is 0 Å². The molecule has 0 spiro atoms. The molecule has 0 fully saturated rings. The molecule has 1 N–H and O–H groups in total. The lowest BCUT2D eigenvalue weighted by molar-refractivity contribution is 0.131. The van der Waals surface area contributed by atoms with Gasteiger partial charge in [0.05, 0.1) is 11.6 Å². The number of rotatable bonds is 3. The molecule has 3 aromatic rings. The Hall–Kier alpha value is -3.06. The van der Waals surface area contributed by atoms with Crippen LogP contribution >= 0.6 is 0 Å². The Bertz CT molecular complexity index is 903. The molecule has 120 valence electrons. The molecule has 0 saturated heterocycles. The lowest BCUT2D eigenvalue weighted by Gasteiger charge is -2.21. The first-order valence-corrected chi connectivity index (χ1v) is 7.80. The smallest absolute Gasteiger partial charge is 0.138 e. The molecule has 0 radical (unpaired) electrons. The maximum Gasteiger partial charge on any atom is 0.138 e. The summed E-state index contributed by atoms with van der Waals surface area (Å²) in [6.07, 6.45) is 1.74. The number of nitriles is 1. The monoisotopic (exact) mass is 317 g/mol. The number of pyridine rings is 1. The molecular weight excluding hydrogens is 298 g/mol. The number of hydrogen-bond acceptors (Lipinski definition) is 4. The van der Waals surface area contributed by atoms with Crippen LogP contribution in [0.15, 0.2) is 54.7 Å². The fourth-order valence-corrected chi connectivity index (χ4v) is 2.44. The summed E-state index contributed by atoms with van der Waals surface area (Å²) in [6.45, 7) is 6.07. The third kappa shape index (κ3) is 3.64. The average Bonchev–Trinajstić information content (AvgIpc) is 2.55. The summed E-state index contributed by atoms with van der Waals surface area (Å²) >= 11 is 0. The van der Waals surface area contributed by atoms with Gasteiger partial charge in [-0.2, -0.15) is 5.26 Å². The molecule has 0 unspecified atom stereocenters. The van der Waals surface area contributed by atoms with Gasteiger partial charge < -0.3 is 10.1 Å². The lowest BCUT2D eigenvalue weighted by Crippen LogP contribution is -2.22. The first-order valence-electron chi connectivity index (χ1n) is 7.80. The van der Waals surface area contributed by atoms with Crippen molar-refractivity contribution in [1.82, 2.24) is 4.98 Å². The second kappa shape index (κ2) is 6.21. The van der Waals surface area contributed by atoms with Gasteiger partial charge in [0.15, 0.2) is 0 Å². The minimum Gasteiger partial charge on any atom is -0.488 e. The predicted octanol–water partition coefficient (Wildman–Crippen LogP) is 5.03. The van der Waals surface area contributed by atoms with Gasteiger partial charge in [0.2, 0.25) is 0 Å². The number of anilines is 2. The third-order valence-corrected chi connectivity index (χ3v) is 3.43. The van der Waals surface area contributed by atoms with E-state index in [0.29, 0.717) is 5.56 Å². The van der Waals surface area contributed by atoms with E-state index < -0.39 is 0 Å². The van der Waals surface area contributed by atoms with Crippen LogP contribution < -0.4 is 10.1 Å². The van der Waals surface area contributed by atoms with E-state index in [1.165, 1.54) is 0 Å². The molecule has 4 nitrogen and oxygen atoms in total. The molecule has 1 heterocycles. The van der Waals surface area contributed by atoms with Gasteiger partial charge in [0.25, 0.3) is 0 Å². The van der Waals surface area contributed by atoms with Crippen LogP contribution in [0.1, 0.15) is 26.3 Å². The lowest BCUT2D eigenvalue weighted by atomic mass is 10.1. The van der Waals surface area contributed by atoms with Gasteiger partial charge in [-0.1, -0.05) is 0 Å². The predicted molar refractivity (Wildman–Crippen MR) is 96.6 cm³/mol. The van der Waals surface area contributed by atoms with E-state index in [9.17, 15) is 0 Å². The second-order valence-electron chi connectivity index (χ2n) is 6.57. The number of ether oxygens (including phenoxy) is 1. The van der Waals surface area contributed by atoms with Crippen molar-refractivity contribution in [3.05, 3.63) is 60.3 Å². The first kappa shape index (κ1) is 15.8. The fourth-order valence-electron chi connectivity index (χ4n) is 2.44. The highest BCUT2D eigenvalue weighted by molar-refractivity contribution is 5.93. The van der Waals surface area contributed by atoms with Gasteiger partial charge in [-0.25, -0.2) is 4.98 Å². The first-order chi connectivity index (χ1) is 11.4. The van der Waals surface area contributed by atoms with Gasteiger partial charge in [-0.05, 0) is 74.7 Å². The minimum absolute atomic E-state index is 0.218. The van der Waals surface area contributed by atoms with Gasteiger partial charge >= 0.3 is 0 Å². The highest BCUT2D eigenvalue weighted by atomic mass is 16.5. The highest BCUT2D eigenvalue weighted by Crippen LogP contribution is 2.27. The van der Waals surface area contributed by atoms with Crippen molar-refractivity contribution >= 4 is 22.3 Å². The molecular formula is C20H19N3O. The topological polar surface area (TPSA) is 57.9 Å². The van der Waals surface area contributed by atoms with Crippen LogP contribution in [0.5, 0.6) is 5.75 Å². The summed E-state index contributed by atoms with van der Waals surface area (Å²) in [6, 6.07) is 17.4. The van der Waals surface area contributed by atoms with E-state index in [-0.39, 0.29) is 5.60 Å². The molecule has 3 rings (SSSR count). The van der Waals surface area contributed by atoms with Crippen LogP contribution in [0.25, 0.3) is 10.8 Å². The average molecular weight is 317 g/mol. The number of hydrogen-bond donors (Lipinski definition) is 1. The molecule has 0 aliphatic rings. The third-order valence-electron chi connectivity index (χ3n) is 3.43. The van der Waals surface area contributed by atoms with E-state index in [1.54, 1.807) is 12.3 Å². The Kier molecular flexibility index (Phi) is 4.09. The van der Waals surface area contributed by atoms with Crippen LogP contribution in [0, 0.1) is 11.3 Å². The van der Waals surface area contributed by atoms with Crippen LogP contribution in [0.3, 0.4) is 0 Å². The second-order valence-corrected chi connectivity index (χ2v) is 6.57. The number of benzene rings is 2. The number of nitrogens with zero attached hydrogens (tertiary/aromatic N) is 2. The summed E-state index contributed by atoms with van der Waals surface area (Å²) in [4.78, 5) is 4.41. The molecule has 0 saturated carbocycles. The van der Waals surface area contributed by atoms with E-state index in [2.05, 4.69) is 16.4 Å². The van der Waals surface area contributed by atoms with Crippen molar-refractivity contribution in [3.8, 4) is 11.8 Å². The zero-order valence-electron chi connectivity index (χ0n) is 14.0. The molecule has 0 aliphatic carbocycles. The molecule has 0 bridgehead atoms. The Balaban J connectivity index is 1.86. The van der Waals surface area contributed by atoms with E-state index in [0.717, 1.165) is 28.0 Å². The summed E-state index contributed by atoms with van der Waals surface area (Å²) in [5.74, 6) is 1.60. The van der Waals surface area contributed by atoms with Crippen LogP contribution in [-0.4, -0.2) is 10.6 Å². The summed E-state index contributed by atoms with van der Waals surface area (Å²) in [5.41, 5.74) is 1.36. The fraction of sp³-hybridized carbons (Fsp3) is 0.200.